The van der Waals surface area contributed by atoms with Crippen LogP contribution in [0, 0.1) is 17.8 Å². The number of carbonyl (C=O) groups excluding carboxylic acids is 2. The summed E-state index contributed by atoms with van der Waals surface area (Å²) >= 11 is 0. The molecule has 2 N–H and O–H groups in total. The van der Waals surface area contributed by atoms with Gasteiger partial charge in [0, 0.05) is 13.0 Å². The van der Waals surface area contributed by atoms with E-state index in [0.717, 1.165) is 19.3 Å². The quantitative estimate of drug-likeness (QED) is 0.837. The van der Waals surface area contributed by atoms with Gasteiger partial charge in [-0.2, -0.15) is 0 Å². The molecule has 2 amide bonds. The van der Waals surface area contributed by atoms with E-state index in [-0.39, 0.29) is 23.9 Å². The van der Waals surface area contributed by atoms with Crippen LogP contribution in [0.25, 0.3) is 0 Å². The van der Waals surface area contributed by atoms with Crippen molar-refractivity contribution in [2.45, 2.75) is 77.8 Å². The summed E-state index contributed by atoms with van der Waals surface area (Å²) in [7, 11) is 0. The first-order valence-corrected chi connectivity index (χ1v) is 8.56. The van der Waals surface area contributed by atoms with Gasteiger partial charge in [0.2, 0.25) is 11.8 Å². The fraction of sp³-hybridized carbons (Fsp3) is 0.882. The van der Waals surface area contributed by atoms with Crippen molar-refractivity contribution in [2.75, 3.05) is 0 Å². The second-order valence-corrected chi connectivity index (χ2v) is 7.11. The highest BCUT2D eigenvalue weighted by Crippen LogP contribution is 2.31. The number of hydrogen-bond donors (Lipinski definition) is 2. The second kappa shape index (κ2) is 7.28. The van der Waals surface area contributed by atoms with E-state index in [9.17, 15) is 9.59 Å². The molecule has 0 saturated heterocycles. The third-order valence-corrected chi connectivity index (χ3v) is 5.55. The van der Waals surface area contributed by atoms with Crippen LogP contribution in [0.5, 0.6) is 0 Å². The van der Waals surface area contributed by atoms with Crippen LogP contribution in [0.4, 0.5) is 0 Å². The largest absolute Gasteiger partial charge is 0.351 e. The van der Waals surface area contributed by atoms with E-state index in [1.807, 2.05) is 0 Å². The number of amides is 2. The van der Waals surface area contributed by atoms with Crippen LogP contribution in [-0.4, -0.2) is 23.9 Å². The van der Waals surface area contributed by atoms with Crippen molar-refractivity contribution in [3.05, 3.63) is 0 Å². The Kier molecular flexibility index (Phi) is 5.65. The Balaban J connectivity index is 1.98. The molecule has 0 aromatic rings. The summed E-state index contributed by atoms with van der Waals surface area (Å²) in [6, 6.07) is -0.0756. The molecule has 0 spiro atoms. The third-order valence-electron chi connectivity index (χ3n) is 5.55. The molecule has 2 aliphatic carbocycles. The van der Waals surface area contributed by atoms with E-state index in [1.54, 1.807) is 0 Å². The molecule has 0 aromatic carbocycles. The molecule has 4 heteroatoms. The minimum atomic E-state index is -0.338. The van der Waals surface area contributed by atoms with Gasteiger partial charge in [-0.15, -0.1) is 0 Å². The summed E-state index contributed by atoms with van der Waals surface area (Å²) < 4.78 is 0. The Morgan fingerprint density at radius 3 is 2.29 bits per heavy atom. The molecule has 0 bridgehead atoms. The Hall–Kier alpha value is -1.06. The van der Waals surface area contributed by atoms with Crippen molar-refractivity contribution in [1.29, 1.82) is 0 Å². The predicted molar refractivity (Wildman–Crippen MR) is 83.7 cm³/mol. The van der Waals surface area contributed by atoms with Gasteiger partial charge in [-0.25, -0.2) is 0 Å². The van der Waals surface area contributed by atoms with Crippen LogP contribution in [0.2, 0.25) is 0 Å². The summed E-state index contributed by atoms with van der Waals surface area (Å²) in [4.78, 5) is 24.1. The average Bonchev–Trinajstić information content (AvgIpc) is 2.94. The van der Waals surface area contributed by atoms with Crippen molar-refractivity contribution in [3.63, 3.8) is 0 Å². The first-order valence-electron chi connectivity index (χ1n) is 8.56. The van der Waals surface area contributed by atoms with Crippen molar-refractivity contribution in [3.8, 4) is 0 Å². The van der Waals surface area contributed by atoms with Crippen LogP contribution >= 0.6 is 0 Å². The fourth-order valence-corrected chi connectivity index (χ4v) is 3.97. The van der Waals surface area contributed by atoms with Crippen LogP contribution < -0.4 is 10.6 Å². The molecule has 4 atom stereocenters. The fourth-order valence-electron chi connectivity index (χ4n) is 3.97. The zero-order valence-electron chi connectivity index (χ0n) is 13.7. The first-order chi connectivity index (χ1) is 9.99. The van der Waals surface area contributed by atoms with Gasteiger partial charge >= 0.3 is 0 Å². The topological polar surface area (TPSA) is 58.2 Å². The molecule has 21 heavy (non-hydrogen) atoms. The lowest BCUT2D eigenvalue weighted by molar-refractivity contribution is -0.130. The number of nitrogens with one attached hydrogen (secondary N) is 2. The minimum Gasteiger partial charge on any atom is -0.351 e. The Labute approximate surface area is 128 Å². The maximum Gasteiger partial charge on any atom is 0.243 e. The smallest absolute Gasteiger partial charge is 0.243 e. The van der Waals surface area contributed by atoms with Gasteiger partial charge in [-0.05, 0) is 37.0 Å². The molecule has 0 heterocycles. The number of hydrogen-bond acceptors (Lipinski definition) is 2. The van der Waals surface area contributed by atoms with Gasteiger partial charge in [0.15, 0.2) is 0 Å². The van der Waals surface area contributed by atoms with Crippen molar-refractivity contribution >= 4 is 11.8 Å². The maximum absolute atomic E-state index is 12.7. The van der Waals surface area contributed by atoms with Crippen molar-refractivity contribution in [2.24, 2.45) is 17.8 Å². The van der Waals surface area contributed by atoms with E-state index in [1.165, 1.54) is 32.6 Å². The summed E-state index contributed by atoms with van der Waals surface area (Å²) in [6.07, 6.45) is 7.95. The van der Waals surface area contributed by atoms with Crippen molar-refractivity contribution in [1.82, 2.24) is 10.6 Å². The van der Waals surface area contributed by atoms with Crippen LogP contribution in [-0.2, 0) is 9.59 Å². The predicted octanol–water partition coefficient (Wildman–Crippen LogP) is 2.62. The lowest BCUT2D eigenvalue weighted by Gasteiger charge is -2.36. The molecule has 120 valence electrons. The van der Waals surface area contributed by atoms with Gasteiger partial charge in [-0.1, -0.05) is 39.5 Å². The van der Waals surface area contributed by atoms with Crippen LogP contribution in [0.3, 0.4) is 0 Å². The zero-order chi connectivity index (χ0) is 15.4. The zero-order valence-corrected chi connectivity index (χ0v) is 13.7. The average molecular weight is 294 g/mol. The van der Waals surface area contributed by atoms with E-state index in [2.05, 4.69) is 24.5 Å². The monoisotopic (exact) mass is 294 g/mol. The molecule has 2 aliphatic rings. The van der Waals surface area contributed by atoms with Gasteiger partial charge < -0.3 is 10.6 Å². The molecular formula is C17H30N2O2. The van der Waals surface area contributed by atoms with Gasteiger partial charge in [0.05, 0.1) is 0 Å². The highest BCUT2D eigenvalue weighted by Gasteiger charge is 2.34. The standard InChI is InChI=1S/C17H30N2O2/c1-11-7-6-10-15(12(11)2)19-17(21)16(18-13(3)20)14-8-4-5-9-14/h11-12,14-16H,4-10H2,1-3H3,(H,18,20)(H,19,21). The molecule has 2 fully saturated rings. The molecule has 2 rings (SSSR count). The number of carbonyl (C=O) groups is 2. The molecule has 4 unspecified atom stereocenters. The highest BCUT2D eigenvalue weighted by molar-refractivity contribution is 5.87. The maximum atomic E-state index is 12.7. The number of rotatable bonds is 4. The summed E-state index contributed by atoms with van der Waals surface area (Å²) in [6.45, 7) is 6.00. The van der Waals surface area contributed by atoms with Gasteiger partial charge in [0.1, 0.15) is 6.04 Å². The minimum absolute atomic E-state index is 0.0306. The van der Waals surface area contributed by atoms with E-state index in [4.69, 9.17) is 0 Å². The Morgan fingerprint density at radius 1 is 1.00 bits per heavy atom. The van der Waals surface area contributed by atoms with E-state index >= 15 is 0 Å². The SMILES string of the molecule is CC(=O)NC(C(=O)NC1CCCC(C)C1C)C1CCCC1. The molecule has 0 aromatic heterocycles. The molecule has 0 aliphatic heterocycles. The van der Waals surface area contributed by atoms with Crippen LogP contribution in [0.15, 0.2) is 0 Å². The molecule has 2 saturated carbocycles. The summed E-state index contributed by atoms with van der Waals surface area (Å²) in [5.74, 6) is 1.42. The van der Waals surface area contributed by atoms with Gasteiger partial charge in [-0.3, -0.25) is 9.59 Å². The Bertz CT molecular complexity index is 377. The first kappa shape index (κ1) is 16.3. The highest BCUT2D eigenvalue weighted by atomic mass is 16.2. The normalized spacial score (nSPS) is 31.7. The summed E-state index contributed by atoms with van der Waals surface area (Å²) in [5, 5.41) is 6.11. The molecular weight excluding hydrogens is 264 g/mol. The van der Waals surface area contributed by atoms with Gasteiger partial charge in [0.25, 0.3) is 0 Å². The van der Waals surface area contributed by atoms with E-state index < -0.39 is 0 Å². The third kappa shape index (κ3) is 4.21. The summed E-state index contributed by atoms with van der Waals surface area (Å²) in [5.41, 5.74) is 0. The second-order valence-electron chi connectivity index (χ2n) is 7.11. The lowest BCUT2D eigenvalue weighted by Crippen LogP contribution is -2.54. The van der Waals surface area contributed by atoms with Crippen molar-refractivity contribution < 1.29 is 9.59 Å². The lowest BCUT2D eigenvalue weighted by atomic mass is 9.78. The molecule has 0 radical (unpaired) electrons. The molecule has 4 nitrogen and oxygen atoms in total. The Morgan fingerprint density at radius 2 is 1.67 bits per heavy atom. The van der Waals surface area contributed by atoms with E-state index in [0.29, 0.717) is 17.8 Å². The van der Waals surface area contributed by atoms with Crippen LogP contribution in [0.1, 0.15) is 65.7 Å².